The SMILES string of the molecule is C=C(NC)c1ccc(/C=C/C=N/C23CC(C)=CC(Cc4[nH]c(=O)ccc42)/C3=C\C)cc1. The normalized spacial score (nSPS) is 23.8. The van der Waals surface area contributed by atoms with Crippen LogP contribution in [0.3, 0.4) is 0 Å². The highest BCUT2D eigenvalue weighted by Gasteiger charge is 2.46. The highest BCUT2D eigenvalue weighted by molar-refractivity contribution is 5.79. The average molecular weight is 412 g/mol. The van der Waals surface area contributed by atoms with E-state index in [-0.39, 0.29) is 11.5 Å². The summed E-state index contributed by atoms with van der Waals surface area (Å²) in [5, 5.41) is 3.07. The summed E-state index contributed by atoms with van der Waals surface area (Å²) in [5.74, 6) is 0.276. The Morgan fingerprint density at radius 3 is 2.74 bits per heavy atom. The van der Waals surface area contributed by atoms with E-state index in [9.17, 15) is 4.79 Å². The first-order chi connectivity index (χ1) is 15.0. The third-order valence-corrected chi connectivity index (χ3v) is 6.31. The highest BCUT2D eigenvalue weighted by atomic mass is 16.1. The number of nitrogens with one attached hydrogen (secondary N) is 2. The Morgan fingerprint density at radius 1 is 1.26 bits per heavy atom. The molecule has 4 nitrogen and oxygen atoms in total. The van der Waals surface area contributed by atoms with E-state index in [0.717, 1.165) is 40.9 Å². The van der Waals surface area contributed by atoms with Crippen molar-refractivity contribution in [1.29, 1.82) is 0 Å². The smallest absolute Gasteiger partial charge is 0.248 e. The van der Waals surface area contributed by atoms with Crippen LogP contribution in [0.15, 0.2) is 82.1 Å². The van der Waals surface area contributed by atoms with Crippen molar-refractivity contribution in [2.24, 2.45) is 10.9 Å². The number of fused-ring (bicyclic) bond motifs is 4. The molecular weight excluding hydrogens is 382 g/mol. The van der Waals surface area contributed by atoms with Crippen molar-refractivity contribution >= 4 is 18.0 Å². The Hall–Kier alpha value is -3.40. The zero-order chi connectivity index (χ0) is 22.0. The van der Waals surface area contributed by atoms with E-state index in [1.165, 1.54) is 11.1 Å². The standard InChI is InChI=1S/C27H29N3O/c1-5-23-22-15-18(2)17-27(23,24-12-13-26(31)30-25(24)16-22)29-14-6-7-20-8-10-21(11-9-20)19(3)28-4/h5-15,22,28H,3,16-17H2,1-2,4H3,(H,30,31)/b7-6+,23-5+,29-14+. The zero-order valence-corrected chi connectivity index (χ0v) is 18.4. The Bertz CT molecular complexity index is 1180. The van der Waals surface area contributed by atoms with E-state index in [1.54, 1.807) is 6.07 Å². The molecule has 0 spiro atoms. The van der Waals surface area contributed by atoms with E-state index >= 15 is 0 Å². The number of allylic oxidation sites excluding steroid dienone is 3. The Kier molecular flexibility index (Phi) is 5.64. The van der Waals surface area contributed by atoms with Gasteiger partial charge in [0.15, 0.2) is 0 Å². The van der Waals surface area contributed by atoms with Crippen LogP contribution in [0.1, 0.15) is 42.7 Å². The summed E-state index contributed by atoms with van der Waals surface area (Å²) in [4.78, 5) is 20.1. The van der Waals surface area contributed by atoms with Crippen LogP contribution < -0.4 is 10.9 Å². The van der Waals surface area contributed by atoms with Gasteiger partial charge in [0.2, 0.25) is 5.56 Å². The fourth-order valence-corrected chi connectivity index (χ4v) is 4.92. The second kappa shape index (κ2) is 8.38. The first-order valence-corrected chi connectivity index (χ1v) is 10.7. The van der Waals surface area contributed by atoms with Gasteiger partial charge in [0.25, 0.3) is 0 Å². The maximum absolute atomic E-state index is 11.9. The lowest BCUT2D eigenvalue weighted by Gasteiger charge is -2.45. The minimum absolute atomic E-state index is 0.0510. The summed E-state index contributed by atoms with van der Waals surface area (Å²) >= 11 is 0. The van der Waals surface area contributed by atoms with Crippen LogP contribution in [0.25, 0.3) is 11.8 Å². The quantitative estimate of drug-likeness (QED) is 0.537. The number of H-pyrrole nitrogens is 1. The van der Waals surface area contributed by atoms with Crippen LogP contribution in [-0.4, -0.2) is 18.2 Å². The molecule has 2 unspecified atom stereocenters. The highest BCUT2D eigenvalue weighted by Crippen LogP contribution is 2.51. The summed E-state index contributed by atoms with van der Waals surface area (Å²) in [7, 11) is 1.87. The third kappa shape index (κ3) is 3.86. The zero-order valence-electron chi connectivity index (χ0n) is 18.4. The molecule has 0 fully saturated rings. The van der Waals surface area contributed by atoms with Crippen molar-refractivity contribution in [1.82, 2.24) is 10.3 Å². The second-order valence-corrected chi connectivity index (χ2v) is 8.31. The molecule has 158 valence electrons. The first kappa shape index (κ1) is 20.9. The maximum Gasteiger partial charge on any atom is 0.248 e. The number of hydrogen-bond donors (Lipinski definition) is 2. The molecule has 0 radical (unpaired) electrons. The summed E-state index contributed by atoms with van der Waals surface area (Å²) in [5.41, 5.74) is 7.36. The summed E-state index contributed by atoms with van der Waals surface area (Å²) in [6.07, 6.45) is 12.1. The van der Waals surface area contributed by atoms with Crippen LogP contribution in [0, 0.1) is 5.92 Å². The summed E-state index contributed by atoms with van der Waals surface area (Å²) in [6, 6.07) is 11.8. The van der Waals surface area contributed by atoms with Gasteiger partial charge in [0.1, 0.15) is 5.54 Å². The Balaban J connectivity index is 1.67. The molecule has 2 aromatic rings. The van der Waals surface area contributed by atoms with Crippen molar-refractivity contribution in [3.8, 4) is 0 Å². The third-order valence-electron chi connectivity index (χ3n) is 6.31. The summed E-state index contributed by atoms with van der Waals surface area (Å²) in [6.45, 7) is 8.26. The van der Waals surface area contributed by atoms with Crippen molar-refractivity contribution < 1.29 is 0 Å². The number of hydrogen-bond acceptors (Lipinski definition) is 3. The van der Waals surface area contributed by atoms with Crippen LogP contribution >= 0.6 is 0 Å². The van der Waals surface area contributed by atoms with E-state index < -0.39 is 5.54 Å². The molecule has 0 aliphatic heterocycles. The Morgan fingerprint density at radius 2 is 2.03 bits per heavy atom. The molecule has 1 aromatic carbocycles. The van der Waals surface area contributed by atoms with Gasteiger partial charge in [-0.25, -0.2) is 0 Å². The van der Waals surface area contributed by atoms with E-state index in [4.69, 9.17) is 4.99 Å². The molecule has 4 heteroatoms. The van der Waals surface area contributed by atoms with Crippen molar-refractivity contribution in [3.05, 3.63) is 105 Å². The molecule has 0 saturated carbocycles. The molecule has 0 saturated heterocycles. The van der Waals surface area contributed by atoms with Crippen molar-refractivity contribution in [3.63, 3.8) is 0 Å². The predicted octanol–water partition coefficient (Wildman–Crippen LogP) is 5.01. The topological polar surface area (TPSA) is 57.2 Å². The molecular formula is C27H29N3O. The second-order valence-electron chi connectivity index (χ2n) is 8.31. The fourth-order valence-electron chi connectivity index (χ4n) is 4.92. The molecule has 31 heavy (non-hydrogen) atoms. The minimum atomic E-state index is -0.450. The van der Waals surface area contributed by atoms with Gasteiger partial charge >= 0.3 is 0 Å². The largest absolute Gasteiger partial charge is 0.388 e. The molecule has 1 heterocycles. The lowest BCUT2D eigenvalue weighted by molar-refractivity contribution is 0.413. The monoisotopic (exact) mass is 411 g/mol. The molecule has 0 amide bonds. The molecule has 2 aliphatic carbocycles. The molecule has 2 aliphatic rings. The molecule has 2 atom stereocenters. The van der Waals surface area contributed by atoms with Gasteiger partial charge in [0.05, 0.1) is 0 Å². The van der Waals surface area contributed by atoms with Gasteiger partial charge in [-0.3, -0.25) is 9.79 Å². The molecule has 4 rings (SSSR count). The Labute approximate surface area is 183 Å². The number of aromatic nitrogens is 1. The van der Waals surface area contributed by atoms with Crippen molar-refractivity contribution in [2.75, 3.05) is 7.05 Å². The van der Waals surface area contributed by atoms with Gasteiger partial charge in [-0.1, -0.05) is 54.6 Å². The lowest BCUT2D eigenvalue weighted by atomic mass is 9.63. The van der Waals surface area contributed by atoms with Gasteiger partial charge in [0, 0.05) is 48.6 Å². The molecule has 2 bridgehead atoms. The van der Waals surface area contributed by atoms with Crippen LogP contribution in [0.4, 0.5) is 0 Å². The number of aromatic amines is 1. The average Bonchev–Trinajstić information content (AvgIpc) is 2.76. The minimum Gasteiger partial charge on any atom is -0.388 e. The van der Waals surface area contributed by atoms with E-state index in [2.05, 4.69) is 73.2 Å². The van der Waals surface area contributed by atoms with Gasteiger partial charge in [-0.05, 0) is 49.1 Å². The number of rotatable bonds is 5. The number of pyridine rings is 1. The maximum atomic E-state index is 11.9. The number of nitrogens with zero attached hydrogens (tertiary/aromatic N) is 1. The van der Waals surface area contributed by atoms with Gasteiger partial charge < -0.3 is 10.3 Å². The van der Waals surface area contributed by atoms with Crippen LogP contribution in [-0.2, 0) is 12.0 Å². The van der Waals surface area contributed by atoms with Gasteiger partial charge in [-0.2, -0.15) is 0 Å². The fraction of sp³-hybridized carbons (Fsp3) is 0.259. The first-order valence-electron chi connectivity index (χ1n) is 10.7. The van der Waals surface area contributed by atoms with Crippen LogP contribution in [0.5, 0.6) is 0 Å². The van der Waals surface area contributed by atoms with Gasteiger partial charge in [-0.15, -0.1) is 0 Å². The van der Waals surface area contributed by atoms with Crippen molar-refractivity contribution in [2.45, 2.75) is 32.2 Å². The number of aliphatic imine (C=N–C) groups is 1. The molecule has 2 N–H and O–H groups in total. The van der Waals surface area contributed by atoms with Crippen LogP contribution in [0.2, 0.25) is 0 Å². The number of benzene rings is 1. The lowest BCUT2D eigenvalue weighted by Crippen LogP contribution is -2.40. The predicted molar refractivity (Wildman–Crippen MR) is 130 cm³/mol. The molecule has 1 aromatic heterocycles. The van der Waals surface area contributed by atoms with E-state index in [1.807, 2.05) is 25.4 Å². The van der Waals surface area contributed by atoms with E-state index in [0.29, 0.717) is 0 Å². The summed E-state index contributed by atoms with van der Waals surface area (Å²) < 4.78 is 0.